The van der Waals surface area contributed by atoms with Crippen LogP contribution in [0.25, 0.3) is 22.0 Å². The molecule has 1 aromatic heterocycles. The molecule has 5 nitrogen and oxygen atoms in total. The molecule has 0 N–H and O–H groups in total. The molecule has 4 aromatic rings. The lowest BCUT2D eigenvalue weighted by atomic mass is 10.0. The zero-order valence-electron chi connectivity index (χ0n) is 19.3. The van der Waals surface area contributed by atoms with Crippen LogP contribution in [0, 0.1) is 6.92 Å². The van der Waals surface area contributed by atoms with E-state index < -0.39 is 0 Å². The van der Waals surface area contributed by atoms with Crippen molar-refractivity contribution in [1.82, 2.24) is 9.97 Å². The summed E-state index contributed by atoms with van der Waals surface area (Å²) in [4.78, 5) is 11.9. The van der Waals surface area contributed by atoms with E-state index in [2.05, 4.69) is 65.3 Å². The summed E-state index contributed by atoms with van der Waals surface area (Å²) in [6.45, 7) is 5.39. The molecular formula is C28H29N3O2. The second kappa shape index (κ2) is 9.59. The number of rotatable bonds is 6. The zero-order chi connectivity index (χ0) is 22.6. The molecular weight excluding hydrogens is 410 g/mol. The van der Waals surface area contributed by atoms with Gasteiger partial charge in [-0.2, -0.15) is 0 Å². The summed E-state index contributed by atoms with van der Waals surface area (Å²) in [5.74, 6) is 1.74. The molecule has 0 bridgehead atoms. The van der Waals surface area contributed by atoms with Gasteiger partial charge in [0.15, 0.2) is 0 Å². The van der Waals surface area contributed by atoms with Gasteiger partial charge in [-0.05, 0) is 60.2 Å². The molecule has 0 atom stereocenters. The summed E-state index contributed by atoms with van der Waals surface area (Å²) in [5.41, 5.74) is 5.92. The highest BCUT2D eigenvalue weighted by Gasteiger charge is 2.17. The number of ether oxygens (including phenoxy) is 2. The Morgan fingerprint density at radius 3 is 2.64 bits per heavy atom. The minimum Gasteiger partial charge on any atom is -0.497 e. The van der Waals surface area contributed by atoms with E-state index >= 15 is 0 Å². The van der Waals surface area contributed by atoms with Gasteiger partial charge in [0, 0.05) is 42.3 Å². The number of benzene rings is 3. The molecule has 0 radical (unpaired) electrons. The molecule has 33 heavy (non-hydrogen) atoms. The van der Waals surface area contributed by atoms with Gasteiger partial charge in [-0.25, -0.2) is 9.97 Å². The topological polar surface area (TPSA) is 47.5 Å². The molecule has 0 amide bonds. The third kappa shape index (κ3) is 4.69. The highest BCUT2D eigenvalue weighted by molar-refractivity contribution is 5.98. The smallest absolute Gasteiger partial charge is 0.129 e. The number of aryl methyl sites for hydroxylation is 3. The molecule has 0 spiro atoms. The molecule has 1 saturated heterocycles. The van der Waals surface area contributed by atoms with E-state index in [9.17, 15) is 0 Å². The molecule has 0 unspecified atom stereocenters. The Kier molecular flexibility index (Phi) is 6.22. The van der Waals surface area contributed by atoms with Crippen molar-refractivity contribution in [3.05, 3.63) is 83.8 Å². The van der Waals surface area contributed by atoms with Crippen LogP contribution >= 0.6 is 0 Å². The van der Waals surface area contributed by atoms with E-state index in [0.29, 0.717) is 0 Å². The Balaban J connectivity index is 1.50. The standard InChI is InChI=1S/C28H29N3O2/c1-20-5-3-4-6-21(20)8-10-28-29-12-11-26(30-28)23-17-22-7-9-24(32-2)19-25(22)27(18-23)31-13-15-33-16-14-31/h3-7,9,11-12,17-19H,8,10,13-16H2,1-2H3. The van der Waals surface area contributed by atoms with Crippen molar-refractivity contribution in [2.45, 2.75) is 19.8 Å². The van der Waals surface area contributed by atoms with E-state index in [0.717, 1.165) is 62.0 Å². The predicted molar refractivity (Wildman–Crippen MR) is 133 cm³/mol. The Morgan fingerprint density at radius 1 is 0.970 bits per heavy atom. The number of anilines is 1. The molecule has 0 saturated carbocycles. The first-order valence-corrected chi connectivity index (χ1v) is 11.5. The lowest BCUT2D eigenvalue weighted by Gasteiger charge is -2.30. The van der Waals surface area contributed by atoms with Crippen molar-refractivity contribution in [3.8, 4) is 17.0 Å². The van der Waals surface area contributed by atoms with E-state index in [1.807, 2.05) is 18.3 Å². The van der Waals surface area contributed by atoms with Gasteiger partial charge in [-0.1, -0.05) is 30.3 Å². The summed E-state index contributed by atoms with van der Waals surface area (Å²) in [6, 6.07) is 21.3. The van der Waals surface area contributed by atoms with Crippen LogP contribution in [-0.4, -0.2) is 43.4 Å². The first-order chi connectivity index (χ1) is 16.2. The zero-order valence-corrected chi connectivity index (χ0v) is 19.3. The molecule has 2 heterocycles. The summed E-state index contributed by atoms with van der Waals surface area (Å²) in [6.07, 6.45) is 3.63. The second-order valence-corrected chi connectivity index (χ2v) is 8.47. The highest BCUT2D eigenvalue weighted by Crippen LogP contribution is 2.35. The lowest BCUT2D eigenvalue weighted by Crippen LogP contribution is -2.36. The van der Waals surface area contributed by atoms with E-state index in [-0.39, 0.29) is 0 Å². The number of aromatic nitrogens is 2. The Labute approximate surface area is 195 Å². The van der Waals surface area contributed by atoms with Crippen molar-refractivity contribution < 1.29 is 9.47 Å². The van der Waals surface area contributed by atoms with Gasteiger partial charge < -0.3 is 14.4 Å². The van der Waals surface area contributed by atoms with Crippen LogP contribution in [0.3, 0.4) is 0 Å². The molecule has 0 aliphatic carbocycles. The maximum absolute atomic E-state index is 5.59. The van der Waals surface area contributed by atoms with Crippen LogP contribution in [-0.2, 0) is 17.6 Å². The van der Waals surface area contributed by atoms with Crippen LogP contribution in [0.1, 0.15) is 17.0 Å². The molecule has 1 fully saturated rings. The number of nitrogens with zero attached hydrogens (tertiary/aromatic N) is 3. The molecule has 5 rings (SSSR count). The summed E-state index contributed by atoms with van der Waals surface area (Å²) < 4.78 is 11.1. The number of hydrogen-bond donors (Lipinski definition) is 0. The maximum Gasteiger partial charge on any atom is 0.129 e. The number of hydrogen-bond acceptors (Lipinski definition) is 5. The average molecular weight is 440 g/mol. The van der Waals surface area contributed by atoms with Crippen LogP contribution in [0.15, 0.2) is 66.9 Å². The van der Waals surface area contributed by atoms with Gasteiger partial charge in [0.25, 0.3) is 0 Å². The third-order valence-electron chi connectivity index (χ3n) is 6.37. The fraction of sp³-hybridized carbons (Fsp3) is 0.286. The van der Waals surface area contributed by atoms with Crippen molar-refractivity contribution >= 4 is 16.5 Å². The number of fused-ring (bicyclic) bond motifs is 1. The van der Waals surface area contributed by atoms with Crippen molar-refractivity contribution in [2.75, 3.05) is 38.3 Å². The van der Waals surface area contributed by atoms with Crippen LogP contribution in [0.5, 0.6) is 5.75 Å². The number of morpholine rings is 1. The normalized spacial score (nSPS) is 13.9. The van der Waals surface area contributed by atoms with Gasteiger partial charge in [0.05, 0.1) is 26.0 Å². The Morgan fingerprint density at radius 2 is 1.82 bits per heavy atom. The Bertz CT molecular complexity index is 1270. The maximum atomic E-state index is 5.59. The largest absolute Gasteiger partial charge is 0.497 e. The number of methoxy groups -OCH3 is 1. The summed E-state index contributed by atoms with van der Waals surface area (Å²) >= 11 is 0. The van der Waals surface area contributed by atoms with Gasteiger partial charge >= 0.3 is 0 Å². The monoisotopic (exact) mass is 439 g/mol. The SMILES string of the molecule is COc1ccc2cc(-c3ccnc(CCc4ccccc4C)n3)cc(N3CCOCC3)c2c1. The van der Waals surface area contributed by atoms with Crippen molar-refractivity contribution in [1.29, 1.82) is 0 Å². The van der Waals surface area contributed by atoms with Gasteiger partial charge in [-0.15, -0.1) is 0 Å². The molecule has 3 aromatic carbocycles. The van der Waals surface area contributed by atoms with E-state index in [1.54, 1.807) is 7.11 Å². The summed E-state index contributed by atoms with van der Waals surface area (Å²) in [5, 5.41) is 2.36. The van der Waals surface area contributed by atoms with Gasteiger partial charge in [0.2, 0.25) is 0 Å². The summed E-state index contributed by atoms with van der Waals surface area (Å²) in [7, 11) is 1.71. The van der Waals surface area contributed by atoms with E-state index in [4.69, 9.17) is 14.5 Å². The minimum atomic E-state index is 0.742. The van der Waals surface area contributed by atoms with E-state index in [1.165, 1.54) is 27.6 Å². The molecule has 5 heteroatoms. The third-order valence-corrected chi connectivity index (χ3v) is 6.37. The van der Waals surface area contributed by atoms with Crippen LogP contribution in [0.2, 0.25) is 0 Å². The molecule has 1 aliphatic heterocycles. The minimum absolute atomic E-state index is 0.742. The average Bonchev–Trinajstić information content (AvgIpc) is 2.88. The molecule has 168 valence electrons. The predicted octanol–water partition coefficient (Wildman–Crippen LogP) is 5.24. The fourth-order valence-electron chi connectivity index (χ4n) is 4.48. The van der Waals surface area contributed by atoms with Gasteiger partial charge in [-0.3, -0.25) is 0 Å². The molecule has 1 aliphatic rings. The van der Waals surface area contributed by atoms with Crippen molar-refractivity contribution in [2.24, 2.45) is 0 Å². The first-order valence-electron chi connectivity index (χ1n) is 11.5. The second-order valence-electron chi connectivity index (χ2n) is 8.47. The van der Waals surface area contributed by atoms with Crippen LogP contribution in [0.4, 0.5) is 5.69 Å². The first kappa shape index (κ1) is 21.4. The quantitative estimate of drug-likeness (QED) is 0.411. The van der Waals surface area contributed by atoms with Gasteiger partial charge in [0.1, 0.15) is 11.6 Å². The highest BCUT2D eigenvalue weighted by atomic mass is 16.5. The van der Waals surface area contributed by atoms with Crippen LogP contribution < -0.4 is 9.64 Å². The van der Waals surface area contributed by atoms with Crippen molar-refractivity contribution in [3.63, 3.8) is 0 Å². The Hall–Kier alpha value is -3.44. The lowest BCUT2D eigenvalue weighted by molar-refractivity contribution is 0.123. The fourth-order valence-corrected chi connectivity index (χ4v) is 4.48.